The summed E-state index contributed by atoms with van der Waals surface area (Å²) in [5.74, 6) is 0.769. The minimum Gasteiger partial charge on any atom is -0.247 e. The Labute approximate surface area is 267 Å². The van der Waals surface area contributed by atoms with Crippen molar-refractivity contribution >= 4 is 5.57 Å². The normalized spacial score (nSPS) is 21.7. The average Bonchev–Trinajstić information content (AvgIpc) is 3.53. The van der Waals surface area contributed by atoms with E-state index >= 15 is 0 Å². The monoisotopic (exact) mass is 581 g/mol. The highest BCUT2D eigenvalue weighted by atomic mass is 14.7. The van der Waals surface area contributed by atoms with Crippen LogP contribution in [0.25, 0.3) is 39.1 Å². The summed E-state index contributed by atoms with van der Waals surface area (Å²) in [4.78, 5) is 5.31. The fraction of sp³-hybridized carbons (Fsp3) is 0.250. The van der Waals surface area contributed by atoms with Gasteiger partial charge in [-0.3, -0.25) is 0 Å². The van der Waals surface area contributed by atoms with Crippen molar-refractivity contribution in [1.29, 1.82) is 0 Å². The van der Waals surface area contributed by atoms with E-state index in [0.29, 0.717) is 11.8 Å². The first-order valence-electron chi connectivity index (χ1n) is 16.5. The van der Waals surface area contributed by atoms with Crippen molar-refractivity contribution in [3.05, 3.63) is 154 Å². The molecule has 2 unspecified atom stereocenters. The molecule has 9 rings (SSSR count). The van der Waals surface area contributed by atoms with Crippen molar-refractivity contribution in [2.24, 2.45) is 5.92 Å². The molecular formula is C44H39N. The topological polar surface area (TPSA) is 12.9 Å². The molecule has 0 N–H and O–H groups in total. The van der Waals surface area contributed by atoms with Gasteiger partial charge in [0.2, 0.25) is 0 Å². The van der Waals surface area contributed by atoms with E-state index < -0.39 is 0 Å². The first-order chi connectivity index (χ1) is 21.6. The zero-order valence-electron chi connectivity index (χ0n) is 27.1. The summed E-state index contributed by atoms with van der Waals surface area (Å²) in [6, 6.07) is 36.6. The van der Waals surface area contributed by atoms with E-state index in [4.69, 9.17) is 4.98 Å². The third-order valence-corrected chi connectivity index (χ3v) is 11.8. The Kier molecular flexibility index (Phi) is 5.27. The van der Waals surface area contributed by atoms with Crippen molar-refractivity contribution in [3.8, 4) is 33.5 Å². The number of aromatic nitrogens is 1. The van der Waals surface area contributed by atoms with Crippen LogP contribution in [-0.4, -0.2) is 4.98 Å². The Balaban J connectivity index is 1.08. The summed E-state index contributed by atoms with van der Waals surface area (Å²) in [6.07, 6.45) is 7.27. The molecule has 0 saturated carbocycles. The highest BCUT2D eigenvalue weighted by Crippen LogP contribution is 2.56. The molecule has 0 aliphatic heterocycles. The van der Waals surface area contributed by atoms with Crippen LogP contribution < -0.4 is 0 Å². The molecule has 220 valence electrons. The minimum absolute atomic E-state index is 0.00227. The second kappa shape index (κ2) is 8.82. The van der Waals surface area contributed by atoms with Crippen molar-refractivity contribution < 1.29 is 0 Å². The van der Waals surface area contributed by atoms with Gasteiger partial charge in [-0.25, -0.2) is 4.98 Å². The lowest BCUT2D eigenvalue weighted by atomic mass is 9.73. The first-order valence-corrected chi connectivity index (χ1v) is 16.5. The SMILES string of the molecule is CC1(C)c2ccccc2-c2ccc(-c3ccc4c(c3)C(C)(C)C3C=C(c5ccc6c(n5)-c5ccccc5C6(C)C)C=CC43)cc21. The van der Waals surface area contributed by atoms with E-state index in [1.807, 2.05) is 0 Å². The van der Waals surface area contributed by atoms with Crippen LogP contribution in [-0.2, 0) is 16.2 Å². The Morgan fingerprint density at radius 3 is 1.96 bits per heavy atom. The standard InChI is InChI=1S/C44H39N/c1-42(2)35-14-10-8-12-33(35)41-36(42)21-22-40(45-41)28-17-20-32-31-19-16-27(24-38(31)44(5,6)39(32)25-28)26-15-18-30-29-11-7-9-13-34(29)43(3,4)37(30)23-26/h7-25,32,39H,1-6H3. The van der Waals surface area contributed by atoms with E-state index in [-0.39, 0.29) is 16.2 Å². The number of nitrogens with zero attached hydrogens (tertiary/aromatic N) is 1. The molecule has 0 saturated heterocycles. The number of rotatable bonds is 2. The number of fused-ring (bicyclic) bond motifs is 9. The number of pyridine rings is 1. The molecule has 0 spiro atoms. The van der Waals surface area contributed by atoms with E-state index in [9.17, 15) is 0 Å². The van der Waals surface area contributed by atoms with Crippen molar-refractivity contribution in [3.63, 3.8) is 0 Å². The number of allylic oxidation sites excluding steroid dienone is 4. The fourth-order valence-electron chi connectivity index (χ4n) is 9.16. The minimum atomic E-state index is -0.0231. The van der Waals surface area contributed by atoms with Gasteiger partial charge in [0.25, 0.3) is 0 Å². The Bertz CT molecular complexity index is 2150. The lowest BCUT2D eigenvalue weighted by Crippen LogP contribution is -2.25. The van der Waals surface area contributed by atoms with Crippen LogP contribution >= 0.6 is 0 Å². The number of hydrogen-bond acceptors (Lipinski definition) is 1. The zero-order valence-corrected chi connectivity index (χ0v) is 27.1. The molecule has 4 aliphatic rings. The molecule has 5 aromatic rings. The third-order valence-electron chi connectivity index (χ3n) is 11.8. The molecule has 0 fully saturated rings. The van der Waals surface area contributed by atoms with Gasteiger partial charge in [0.05, 0.1) is 11.4 Å². The molecule has 4 aliphatic carbocycles. The number of benzene rings is 4. The van der Waals surface area contributed by atoms with E-state index in [2.05, 4.69) is 157 Å². The molecule has 0 bridgehead atoms. The van der Waals surface area contributed by atoms with E-state index in [1.165, 1.54) is 66.8 Å². The van der Waals surface area contributed by atoms with Crippen LogP contribution in [0.15, 0.2) is 115 Å². The Morgan fingerprint density at radius 2 is 1.18 bits per heavy atom. The summed E-state index contributed by atoms with van der Waals surface area (Å²) >= 11 is 0. The predicted octanol–water partition coefficient (Wildman–Crippen LogP) is 11.0. The summed E-state index contributed by atoms with van der Waals surface area (Å²) in [5.41, 5.74) is 18.6. The Morgan fingerprint density at radius 1 is 0.556 bits per heavy atom. The summed E-state index contributed by atoms with van der Waals surface area (Å²) < 4.78 is 0. The summed E-state index contributed by atoms with van der Waals surface area (Å²) in [5, 5.41) is 0. The predicted molar refractivity (Wildman–Crippen MR) is 188 cm³/mol. The van der Waals surface area contributed by atoms with Gasteiger partial charge in [-0.2, -0.15) is 0 Å². The van der Waals surface area contributed by atoms with Crippen LogP contribution in [0, 0.1) is 5.92 Å². The van der Waals surface area contributed by atoms with Crippen molar-refractivity contribution in [2.45, 2.75) is 63.7 Å². The largest absolute Gasteiger partial charge is 0.247 e. The van der Waals surface area contributed by atoms with Gasteiger partial charge >= 0.3 is 0 Å². The van der Waals surface area contributed by atoms with Gasteiger partial charge in [0.15, 0.2) is 0 Å². The molecule has 2 atom stereocenters. The van der Waals surface area contributed by atoms with Crippen molar-refractivity contribution in [1.82, 2.24) is 4.98 Å². The van der Waals surface area contributed by atoms with Gasteiger partial charge in [-0.05, 0) is 84.7 Å². The summed E-state index contributed by atoms with van der Waals surface area (Å²) in [7, 11) is 0. The first kappa shape index (κ1) is 26.9. The maximum absolute atomic E-state index is 5.31. The van der Waals surface area contributed by atoms with Crippen molar-refractivity contribution in [2.75, 3.05) is 0 Å². The smallest absolute Gasteiger partial charge is 0.0753 e. The molecule has 4 aromatic carbocycles. The second-order valence-electron chi connectivity index (χ2n) is 15.3. The highest BCUT2D eigenvalue weighted by Gasteiger charge is 2.46. The third kappa shape index (κ3) is 3.53. The maximum atomic E-state index is 5.31. The highest BCUT2D eigenvalue weighted by molar-refractivity contribution is 5.85. The van der Waals surface area contributed by atoms with Gasteiger partial charge in [0.1, 0.15) is 0 Å². The molecule has 1 heteroatoms. The molecule has 1 nitrogen and oxygen atoms in total. The van der Waals surface area contributed by atoms with Gasteiger partial charge in [-0.15, -0.1) is 0 Å². The lowest BCUT2D eigenvalue weighted by molar-refractivity contribution is 0.395. The lowest BCUT2D eigenvalue weighted by Gasteiger charge is -2.31. The molecular weight excluding hydrogens is 542 g/mol. The van der Waals surface area contributed by atoms with E-state index in [0.717, 1.165) is 11.4 Å². The van der Waals surface area contributed by atoms with Crippen LogP contribution in [0.2, 0.25) is 0 Å². The average molecular weight is 582 g/mol. The molecule has 45 heavy (non-hydrogen) atoms. The van der Waals surface area contributed by atoms with Gasteiger partial charge in [0, 0.05) is 22.3 Å². The van der Waals surface area contributed by atoms with Crippen LogP contribution in [0.5, 0.6) is 0 Å². The van der Waals surface area contributed by atoms with Gasteiger partial charge in [-0.1, -0.05) is 145 Å². The van der Waals surface area contributed by atoms with Gasteiger partial charge < -0.3 is 0 Å². The van der Waals surface area contributed by atoms with Crippen LogP contribution in [0.4, 0.5) is 0 Å². The molecule has 1 heterocycles. The molecule has 1 aromatic heterocycles. The number of hydrogen-bond donors (Lipinski definition) is 0. The molecule has 0 radical (unpaired) electrons. The van der Waals surface area contributed by atoms with Crippen LogP contribution in [0.1, 0.15) is 86.5 Å². The fourth-order valence-corrected chi connectivity index (χ4v) is 9.16. The van der Waals surface area contributed by atoms with Crippen LogP contribution in [0.3, 0.4) is 0 Å². The molecule has 0 amide bonds. The zero-order chi connectivity index (χ0) is 30.9. The second-order valence-corrected chi connectivity index (χ2v) is 15.3. The maximum Gasteiger partial charge on any atom is 0.0753 e. The quantitative estimate of drug-likeness (QED) is 0.202. The summed E-state index contributed by atoms with van der Waals surface area (Å²) in [6.45, 7) is 14.2. The van der Waals surface area contributed by atoms with E-state index in [1.54, 1.807) is 0 Å². The Hall–Kier alpha value is -4.49.